The zero-order chi connectivity index (χ0) is 21.5. The number of thioether (sulfide) groups is 1. The molecule has 158 valence electrons. The van der Waals surface area contributed by atoms with Crippen molar-refractivity contribution in [1.29, 1.82) is 0 Å². The van der Waals surface area contributed by atoms with E-state index in [2.05, 4.69) is 15.5 Å². The first-order chi connectivity index (χ1) is 15.0. The summed E-state index contributed by atoms with van der Waals surface area (Å²) in [6.07, 6.45) is 4.62. The van der Waals surface area contributed by atoms with E-state index in [-0.39, 0.29) is 17.4 Å². The molecule has 0 fully saturated rings. The first-order valence-electron chi connectivity index (χ1n) is 10.2. The summed E-state index contributed by atoms with van der Waals surface area (Å²) < 4.78 is 1.97. The van der Waals surface area contributed by atoms with E-state index in [4.69, 9.17) is 4.98 Å². The molecule has 0 atom stereocenters. The molecule has 4 aromatic rings. The lowest BCUT2D eigenvalue weighted by atomic mass is 9.97. The molecule has 0 saturated carbocycles. The average molecular weight is 452 g/mol. The van der Waals surface area contributed by atoms with Gasteiger partial charge in [-0.2, -0.15) is 0 Å². The highest BCUT2D eigenvalue weighted by Crippen LogP contribution is 2.38. The normalized spacial score (nSPS) is 13.5. The van der Waals surface area contributed by atoms with Gasteiger partial charge in [0.15, 0.2) is 16.6 Å². The van der Waals surface area contributed by atoms with Gasteiger partial charge in [0.2, 0.25) is 5.91 Å². The predicted molar refractivity (Wildman–Crippen MR) is 123 cm³/mol. The molecule has 3 aromatic heterocycles. The van der Waals surface area contributed by atoms with Crippen molar-refractivity contribution in [3.05, 3.63) is 46.1 Å². The monoisotopic (exact) mass is 451 g/mol. The lowest BCUT2D eigenvalue weighted by molar-refractivity contribution is -0.114. The quantitative estimate of drug-likeness (QED) is 0.356. The number of aryl methyl sites for hydroxylation is 3. The van der Waals surface area contributed by atoms with Crippen LogP contribution in [0.1, 0.15) is 46.4 Å². The number of amides is 1. The highest BCUT2D eigenvalue weighted by Gasteiger charge is 2.23. The Balaban J connectivity index is 1.41. The summed E-state index contributed by atoms with van der Waals surface area (Å²) in [5.74, 6) is 0.939. The summed E-state index contributed by atoms with van der Waals surface area (Å²) in [7, 11) is 0. The van der Waals surface area contributed by atoms with Crippen molar-refractivity contribution in [3.63, 3.8) is 0 Å². The van der Waals surface area contributed by atoms with Gasteiger partial charge in [-0.3, -0.25) is 14.0 Å². The maximum atomic E-state index is 12.7. The molecule has 0 bridgehead atoms. The van der Waals surface area contributed by atoms with Gasteiger partial charge in [-0.1, -0.05) is 11.8 Å². The van der Waals surface area contributed by atoms with E-state index in [1.165, 1.54) is 42.0 Å². The van der Waals surface area contributed by atoms with Crippen molar-refractivity contribution in [3.8, 4) is 0 Å². The maximum Gasteiger partial charge on any atom is 0.221 e. The number of thiophene rings is 1. The SMILES string of the molecule is CC(=O)Nc1ccc(C(=O)CSc2nnc3c4c5c(sc4nc(C)n23)CCCC5)cc1. The van der Waals surface area contributed by atoms with Crippen molar-refractivity contribution in [2.75, 3.05) is 11.1 Å². The summed E-state index contributed by atoms with van der Waals surface area (Å²) in [4.78, 5) is 31.1. The van der Waals surface area contributed by atoms with Crippen LogP contribution in [0, 0.1) is 6.92 Å². The molecule has 0 unspecified atom stereocenters. The fraction of sp³-hybridized carbons (Fsp3) is 0.318. The Kier molecular flexibility index (Phi) is 5.23. The van der Waals surface area contributed by atoms with E-state index in [0.717, 1.165) is 34.5 Å². The van der Waals surface area contributed by atoms with E-state index in [1.54, 1.807) is 35.6 Å². The number of rotatable bonds is 5. The van der Waals surface area contributed by atoms with Crippen molar-refractivity contribution < 1.29 is 9.59 Å². The minimum atomic E-state index is -0.140. The Labute approximate surface area is 187 Å². The van der Waals surface area contributed by atoms with Crippen molar-refractivity contribution >= 4 is 56.3 Å². The number of hydrogen-bond donors (Lipinski definition) is 1. The number of nitrogens with one attached hydrogen (secondary N) is 1. The largest absolute Gasteiger partial charge is 0.326 e. The third-order valence-corrected chi connectivity index (χ3v) is 7.57. The van der Waals surface area contributed by atoms with Crippen LogP contribution in [0.2, 0.25) is 0 Å². The van der Waals surface area contributed by atoms with Crippen molar-refractivity contribution in [2.45, 2.75) is 44.7 Å². The van der Waals surface area contributed by atoms with E-state index >= 15 is 0 Å². The summed E-state index contributed by atoms with van der Waals surface area (Å²) in [6.45, 7) is 3.41. The van der Waals surface area contributed by atoms with Crippen molar-refractivity contribution in [1.82, 2.24) is 19.6 Å². The number of benzene rings is 1. The number of ketones is 1. The molecule has 1 amide bonds. The van der Waals surface area contributed by atoms with Gasteiger partial charge < -0.3 is 5.32 Å². The van der Waals surface area contributed by atoms with Gasteiger partial charge in [0.05, 0.1) is 11.1 Å². The highest BCUT2D eigenvalue weighted by molar-refractivity contribution is 7.99. The highest BCUT2D eigenvalue weighted by atomic mass is 32.2. The van der Waals surface area contributed by atoms with Gasteiger partial charge in [0.1, 0.15) is 10.7 Å². The van der Waals surface area contributed by atoms with Gasteiger partial charge in [0, 0.05) is 23.1 Å². The predicted octanol–water partition coefficient (Wildman–Crippen LogP) is 4.46. The van der Waals surface area contributed by atoms with Crippen LogP contribution in [-0.4, -0.2) is 37.0 Å². The van der Waals surface area contributed by atoms with Gasteiger partial charge in [-0.15, -0.1) is 21.5 Å². The molecule has 1 aromatic carbocycles. The maximum absolute atomic E-state index is 12.7. The second kappa shape index (κ2) is 8.05. The molecular weight excluding hydrogens is 430 g/mol. The topological polar surface area (TPSA) is 89.2 Å². The number of fused-ring (bicyclic) bond motifs is 5. The van der Waals surface area contributed by atoms with Crippen LogP contribution in [0.3, 0.4) is 0 Å². The van der Waals surface area contributed by atoms with Crippen LogP contribution in [0.5, 0.6) is 0 Å². The molecule has 0 saturated heterocycles. The zero-order valence-corrected chi connectivity index (χ0v) is 18.9. The minimum Gasteiger partial charge on any atom is -0.326 e. The third kappa shape index (κ3) is 3.72. The summed E-state index contributed by atoms with van der Waals surface area (Å²) in [5, 5.41) is 13.4. The summed E-state index contributed by atoms with van der Waals surface area (Å²) in [5.41, 5.74) is 3.49. The van der Waals surface area contributed by atoms with Crippen LogP contribution in [0.15, 0.2) is 29.4 Å². The first kappa shape index (κ1) is 20.1. The Morgan fingerprint density at radius 2 is 1.94 bits per heavy atom. The van der Waals surface area contributed by atoms with Gasteiger partial charge in [0.25, 0.3) is 0 Å². The van der Waals surface area contributed by atoms with Crippen molar-refractivity contribution in [2.24, 2.45) is 0 Å². The third-order valence-electron chi connectivity index (χ3n) is 5.46. The van der Waals surface area contributed by atoms with E-state index in [0.29, 0.717) is 16.4 Å². The molecule has 3 heterocycles. The number of aromatic nitrogens is 4. The summed E-state index contributed by atoms with van der Waals surface area (Å²) >= 11 is 3.15. The molecule has 1 N–H and O–H groups in total. The Bertz CT molecular complexity index is 1320. The average Bonchev–Trinajstić information content (AvgIpc) is 3.33. The number of Topliss-reactive ketones (excluding diaryl/α,β-unsaturated/α-hetero) is 1. The van der Waals surface area contributed by atoms with E-state index in [1.807, 2.05) is 11.3 Å². The van der Waals surface area contributed by atoms with Crippen LogP contribution < -0.4 is 5.32 Å². The Hall–Kier alpha value is -2.78. The van der Waals surface area contributed by atoms with Crippen LogP contribution in [-0.2, 0) is 17.6 Å². The molecule has 0 spiro atoms. The van der Waals surface area contributed by atoms with Gasteiger partial charge >= 0.3 is 0 Å². The molecule has 1 aliphatic carbocycles. The molecule has 7 nitrogen and oxygen atoms in total. The fourth-order valence-corrected chi connectivity index (χ4v) is 6.21. The van der Waals surface area contributed by atoms with Crippen LogP contribution in [0.25, 0.3) is 15.9 Å². The van der Waals surface area contributed by atoms with Crippen LogP contribution in [0.4, 0.5) is 5.69 Å². The minimum absolute atomic E-state index is 0.00396. The smallest absolute Gasteiger partial charge is 0.221 e. The fourth-order valence-electron chi connectivity index (χ4n) is 4.03. The lowest BCUT2D eigenvalue weighted by Gasteiger charge is -2.10. The lowest BCUT2D eigenvalue weighted by Crippen LogP contribution is -2.07. The molecule has 5 rings (SSSR count). The second-order valence-electron chi connectivity index (χ2n) is 7.66. The standard InChI is InChI=1S/C22H21N5O2S2/c1-12-23-21-19(16-5-3-4-6-18(16)31-21)20-25-26-22(27(12)20)30-11-17(29)14-7-9-15(10-8-14)24-13(2)28/h7-10H,3-6,11H2,1-2H3,(H,24,28). The molecule has 0 radical (unpaired) electrons. The van der Waals surface area contributed by atoms with E-state index < -0.39 is 0 Å². The molecule has 0 aliphatic heterocycles. The first-order valence-corrected chi connectivity index (χ1v) is 12.0. The Morgan fingerprint density at radius 1 is 1.16 bits per heavy atom. The second-order valence-corrected chi connectivity index (χ2v) is 9.69. The number of anilines is 1. The number of nitrogens with zero attached hydrogens (tertiary/aromatic N) is 4. The molecule has 31 heavy (non-hydrogen) atoms. The van der Waals surface area contributed by atoms with Gasteiger partial charge in [-0.05, 0) is 62.4 Å². The van der Waals surface area contributed by atoms with E-state index in [9.17, 15) is 9.59 Å². The van der Waals surface area contributed by atoms with Crippen LogP contribution >= 0.6 is 23.1 Å². The number of carbonyl (C=O) groups excluding carboxylic acids is 2. The zero-order valence-electron chi connectivity index (χ0n) is 17.3. The number of carbonyl (C=O) groups is 2. The molecular formula is C22H21N5O2S2. The Morgan fingerprint density at radius 3 is 2.71 bits per heavy atom. The van der Waals surface area contributed by atoms with Gasteiger partial charge in [-0.25, -0.2) is 4.98 Å². The summed E-state index contributed by atoms with van der Waals surface area (Å²) in [6, 6.07) is 6.92. The molecule has 1 aliphatic rings. The number of hydrogen-bond acceptors (Lipinski definition) is 7. The molecule has 9 heteroatoms.